The number of nitrogens with one attached hydrogen (secondary N) is 19. The van der Waals surface area contributed by atoms with Gasteiger partial charge in [-0.2, -0.15) is 0 Å². The van der Waals surface area contributed by atoms with Crippen molar-refractivity contribution in [1.82, 2.24) is 110 Å². The number of carboxylic acid groups (broad SMARTS) is 7. The van der Waals surface area contributed by atoms with Crippen LogP contribution in [0.3, 0.4) is 0 Å². The van der Waals surface area contributed by atoms with Crippen molar-refractivity contribution in [3.8, 4) is 0 Å². The molecule has 0 aliphatic rings. The zero-order valence-electron chi connectivity index (χ0n) is 82.8. The monoisotopic (exact) mass is 2080 g/mol. The minimum absolute atomic E-state index is 0.0543. The number of aliphatic carboxylic acids is 7. The quantitative estimate of drug-likeness (QED) is 0.0274. The summed E-state index contributed by atoms with van der Waals surface area (Å²) in [4.78, 5) is 337. The van der Waals surface area contributed by atoms with Gasteiger partial charge >= 0.3 is 41.8 Å². The smallest absolute Gasteiger partial charge is 0.322 e. The molecule has 0 aliphatic heterocycles. The summed E-state index contributed by atoms with van der Waals surface area (Å²) in [6.07, 6.45) is -3.36. The zero-order chi connectivity index (χ0) is 110. The lowest BCUT2D eigenvalue weighted by Crippen LogP contribution is -2.61. The second-order valence-electron chi connectivity index (χ2n) is 35.7. The molecule has 0 aromatic carbocycles. The number of nitrogens with two attached hydrogens (primary N) is 5. The molecule has 0 aliphatic carbocycles. The highest BCUT2D eigenvalue weighted by Gasteiger charge is 2.41. The highest BCUT2D eigenvalue weighted by atomic mass is 16.4. The van der Waals surface area contributed by atoms with Crippen molar-refractivity contribution >= 4 is 142 Å². The molecule has 2 heterocycles. The van der Waals surface area contributed by atoms with E-state index in [1.807, 2.05) is 0 Å². The number of hydrogen-bond donors (Lipinski definition) is 31. The maximum Gasteiger partial charge on any atom is 0.322 e. The first-order valence-corrected chi connectivity index (χ1v) is 48.0. The standard InChI is InChI=1S/C89H146N26O31/c1-45(2)36-62(86(143)108-58(22-28-68(120)121)84(141)106-55(18-10-14-34-92)80(137)114-64(38-50-40-95-43-98-50)88(145)110-60(24-30-70(124)125)82(139)104-53(16-8-12-32-90)77(134)100-47(5)73(130)97-42-72(128)129)112-74(131)48(6)101-78(135)54(17-9-13-33-91)105-83(140)61(25-31-71(126)127)111-89(146)65(39-51-41-96-44-99-51)115-81(138)56(19-11-15-35-93)107-85(142)59(23-29-69(122)123)109-87(144)63(37-46(3)4)113-75(132)49(7)102-79(136)57(21-27-67(118)119)103-76(133)52(94)20-26-66(116)117/h40-41,43-49,52-65H,8-39,42,90-94H2,1-7H3,(H,95,98)(H,96,99)(H,97,130)(H,100,134)(H,101,135)(H,102,136)(H,103,133)(H,104,139)(H,105,140)(H,106,141)(H,107,142)(H,108,143)(H,109,144)(H,110,145)(H,111,146)(H,112,131)(H,113,132)(H,114,137)(H,115,138)(H,116,117)(H,118,119)(H,120,121)(H,122,123)(H,124,125)(H,126,127)(H,128,129)/t47-,48-,49-,52-,53-,54-,55-,56-,57-,58-,59-,60-,61-,62-,63-,64-,65-/m0/s1. The van der Waals surface area contributed by atoms with Crippen LogP contribution < -0.4 is 119 Å². The zero-order valence-corrected chi connectivity index (χ0v) is 82.8. The third-order valence-electron chi connectivity index (χ3n) is 22.3. The molecular formula is C89H146N26O31. The summed E-state index contributed by atoms with van der Waals surface area (Å²) < 4.78 is 0. The van der Waals surface area contributed by atoms with E-state index in [2.05, 4.69) is 110 Å². The van der Waals surface area contributed by atoms with Gasteiger partial charge < -0.3 is 165 Å². The second kappa shape index (κ2) is 68.7. The molecule has 818 valence electrons. The predicted molar refractivity (Wildman–Crippen MR) is 513 cm³/mol. The van der Waals surface area contributed by atoms with E-state index in [9.17, 15) is 141 Å². The number of carboxylic acids is 7. The number of nitrogens with zero attached hydrogens (tertiary/aromatic N) is 2. The number of aromatic amines is 2. The Kier molecular flexibility index (Phi) is 60.0. The largest absolute Gasteiger partial charge is 0.481 e. The number of carbonyl (C=O) groups excluding carboxylic acids is 17. The van der Waals surface area contributed by atoms with Crippen LogP contribution in [0.5, 0.6) is 0 Å². The first kappa shape index (κ1) is 128. The number of carbonyl (C=O) groups is 24. The number of aromatic nitrogens is 4. The number of H-pyrrole nitrogens is 2. The normalized spacial score (nSPS) is 14.6. The molecule has 0 saturated heterocycles. The number of hydrogen-bond acceptors (Lipinski definition) is 31. The van der Waals surface area contributed by atoms with Crippen molar-refractivity contribution < 1.29 is 151 Å². The van der Waals surface area contributed by atoms with Crippen LogP contribution >= 0.6 is 0 Å². The van der Waals surface area contributed by atoms with Gasteiger partial charge in [-0.1, -0.05) is 27.7 Å². The van der Waals surface area contributed by atoms with Crippen molar-refractivity contribution in [3.63, 3.8) is 0 Å². The van der Waals surface area contributed by atoms with Crippen molar-refractivity contribution in [2.75, 3.05) is 32.7 Å². The van der Waals surface area contributed by atoms with Gasteiger partial charge in [0.2, 0.25) is 100 Å². The summed E-state index contributed by atoms with van der Waals surface area (Å²) in [5.74, 6) is -29.2. The van der Waals surface area contributed by atoms with E-state index < -0.39 is 347 Å². The van der Waals surface area contributed by atoms with Crippen LogP contribution in [-0.2, 0) is 128 Å². The Labute approximate surface area is 840 Å². The van der Waals surface area contributed by atoms with Gasteiger partial charge in [0.05, 0.1) is 30.1 Å². The van der Waals surface area contributed by atoms with Gasteiger partial charge in [0, 0.05) is 63.8 Å². The number of unbranched alkanes of at least 4 members (excludes halogenated alkanes) is 4. The molecule has 57 heteroatoms. The summed E-state index contributed by atoms with van der Waals surface area (Å²) in [6, 6.07) is -27.9. The van der Waals surface area contributed by atoms with Crippen LogP contribution in [0.15, 0.2) is 25.0 Å². The number of rotatable bonds is 77. The highest BCUT2D eigenvalue weighted by molar-refractivity contribution is 6.02. The van der Waals surface area contributed by atoms with E-state index in [1.54, 1.807) is 27.7 Å². The van der Waals surface area contributed by atoms with Gasteiger partial charge in [0.25, 0.3) is 0 Å². The van der Waals surface area contributed by atoms with E-state index >= 15 is 0 Å². The molecule has 0 radical (unpaired) electrons. The Bertz CT molecular complexity index is 4660. The number of amides is 17. The summed E-state index contributed by atoms with van der Waals surface area (Å²) >= 11 is 0. The molecule has 0 bridgehead atoms. The SMILES string of the molecule is CC(C)C[C@H](NC(=O)[C@H](C)NC(=O)[C@H](CCCCN)NC(=O)[C@H](CCC(=O)O)NC(=O)[C@H](Cc1c[nH]cn1)NC(=O)[C@H](CCCCN)NC(=O)[C@H](CCC(=O)O)NC(=O)[C@H](CC(C)C)NC(=O)[C@H](C)NC(=O)[C@H](CCC(=O)O)NC(=O)[C@@H](N)CCC(=O)O)C(=O)N[C@@H](CCC(=O)O)C(=O)N[C@@H](CCCCN)C(=O)N[C@@H](Cc1c[nH]cn1)C(=O)N[C@@H](CCC(=O)O)C(=O)N[C@@H](CCCCN)C(=O)N[C@@H](C)C(=O)NCC(=O)O. The van der Waals surface area contributed by atoms with E-state index in [0.29, 0.717) is 6.42 Å². The first-order valence-electron chi connectivity index (χ1n) is 48.0. The molecule has 36 N–H and O–H groups in total. The molecule has 146 heavy (non-hydrogen) atoms. The van der Waals surface area contributed by atoms with E-state index in [4.69, 9.17) is 38.9 Å². The van der Waals surface area contributed by atoms with Crippen molar-refractivity contribution in [1.29, 1.82) is 0 Å². The Morgan fingerprint density at radius 3 is 0.685 bits per heavy atom. The number of imidazole rings is 2. The lowest BCUT2D eigenvalue weighted by Gasteiger charge is -2.28. The van der Waals surface area contributed by atoms with Gasteiger partial charge in [-0.05, 0) is 187 Å². The van der Waals surface area contributed by atoms with Gasteiger partial charge in [-0.15, -0.1) is 0 Å². The summed E-state index contributed by atoms with van der Waals surface area (Å²) in [6.45, 7) is 9.66. The van der Waals surface area contributed by atoms with Crippen molar-refractivity contribution in [2.24, 2.45) is 40.5 Å². The van der Waals surface area contributed by atoms with Gasteiger partial charge in [-0.25, -0.2) is 9.97 Å². The molecule has 0 saturated carbocycles. The summed E-state index contributed by atoms with van der Waals surface area (Å²) in [7, 11) is 0. The second-order valence-corrected chi connectivity index (χ2v) is 35.7. The molecule has 17 atom stereocenters. The minimum atomic E-state index is -1.88. The third-order valence-corrected chi connectivity index (χ3v) is 22.3. The summed E-state index contributed by atoms with van der Waals surface area (Å²) in [5.41, 5.74) is 29.2. The molecule has 0 fully saturated rings. The van der Waals surface area contributed by atoms with Crippen molar-refractivity contribution in [2.45, 2.75) is 331 Å². The average molecular weight is 2080 g/mol. The fourth-order valence-corrected chi connectivity index (χ4v) is 14.2. The molecule has 0 unspecified atom stereocenters. The van der Waals surface area contributed by atoms with Crippen LogP contribution in [0.25, 0.3) is 0 Å². The van der Waals surface area contributed by atoms with Crippen LogP contribution in [0.1, 0.15) is 227 Å². The average Bonchev–Trinajstić information content (AvgIpc) is 1.42. The first-order chi connectivity index (χ1) is 68.8. The Morgan fingerprint density at radius 1 is 0.253 bits per heavy atom. The predicted octanol–water partition coefficient (Wildman–Crippen LogP) is -7.94. The Morgan fingerprint density at radius 2 is 0.459 bits per heavy atom. The minimum Gasteiger partial charge on any atom is -0.481 e. The third kappa shape index (κ3) is 52.1. The van der Waals surface area contributed by atoms with E-state index in [-0.39, 0.29) is 127 Å². The topological polar surface area (TPSA) is 943 Å². The van der Waals surface area contributed by atoms with Gasteiger partial charge in [0.1, 0.15) is 103 Å². The van der Waals surface area contributed by atoms with Crippen molar-refractivity contribution in [3.05, 3.63) is 36.4 Å². The molecule has 2 rings (SSSR count). The van der Waals surface area contributed by atoms with Gasteiger partial charge in [0.15, 0.2) is 0 Å². The highest BCUT2D eigenvalue weighted by Crippen LogP contribution is 2.17. The maximum atomic E-state index is 14.8. The summed E-state index contributed by atoms with van der Waals surface area (Å²) in [5, 5.41) is 108. The Hall–Kier alpha value is -14.5. The fraction of sp³-hybridized carbons (Fsp3) is 0.663. The molecule has 2 aromatic heterocycles. The van der Waals surface area contributed by atoms with Crippen LogP contribution in [0.2, 0.25) is 0 Å². The van der Waals surface area contributed by atoms with E-state index in [1.165, 1.54) is 38.9 Å². The van der Waals surface area contributed by atoms with Crippen LogP contribution in [-0.4, -0.2) is 333 Å². The molecular weight excluding hydrogens is 1930 g/mol. The maximum absolute atomic E-state index is 14.8. The lowest BCUT2D eigenvalue weighted by atomic mass is 10.0. The van der Waals surface area contributed by atoms with Crippen LogP contribution in [0, 0.1) is 11.8 Å². The lowest BCUT2D eigenvalue weighted by molar-refractivity contribution is -0.139. The molecule has 17 amide bonds. The van der Waals surface area contributed by atoms with Crippen LogP contribution in [0.4, 0.5) is 0 Å². The molecule has 0 spiro atoms. The molecule has 2 aromatic rings. The van der Waals surface area contributed by atoms with E-state index in [0.717, 1.165) is 6.92 Å². The molecule has 57 nitrogen and oxygen atoms in total. The fourth-order valence-electron chi connectivity index (χ4n) is 14.2. The Balaban J connectivity index is 2.60. The van der Waals surface area contributed by atoms with Gasteiger partial charge in [-0.3, -0.25) is 115 Å².